The average Bonchev–Trinajstić information content (AvgIpc) is 3.08. The van der Waals surface area contributed by atoms with E-state index in [1.807, 2.05) is 25.7 Å². The molecule has 0 aromatic heterocycles. The molecular formula is C18H30N2O3. The fourth-order valence-electron chi connectivity index (χ4n) is 4.50. The normalized spacial score (nSPS) is 31.3. The van der Waals surface area contributed by atoms with Crippen LogP contribution in [0, 0.1) is 17.8 Å². The molecular weight excluding hydrogens is 292 g/mol. The van der Waals surface area contributed by atoms with E-state index in [-0.39, 0.29) is 18.1 Å². The van der Waals surface area contributed by atoms with Crippen molar-refractivity contribution in [2.45, 2.75) is 70.9 Å². The van der Waals surface area contributed by atoms with E-state index in [4.69, 9.17) is 4.74 Å². The van der Waals surface area contributed by atoms with Crippen LogP contribution in [0.3, 0.4) is 0 Å². The zero-order chi connectivity index (χ0) is 16.6. The fraction of sp³-hybridized carbons (Fsp3) is 0.889. The van der Waals surface area contributed by atoms with Gasteiger partial charge in [-0.15, -0.1) is 0 Å². The Labute approximate surface area is 139 Å². The number of fused-ring (bicyclic) bond motifs is 2. The van der Waals surface area contributed by atoms with E-state index in [0.717, 1.165) is 38.3 Å². The van der Waals surface area contributed by atoms with Crippen molar-refractivity contribution in [3.8, 4) is 0 Å². The fourth-order valence-corrected chi connectivity index (χ4v) is 4.50. The number of likely N-dealkylation sites (tertiary alicyclic amines) is 1. The second-order valence-electron chi connectivity index (χ2n) is 8.53. The Morgan fingerprint density at radius 2 is 1.74 bits per heavy atom. The Kier molecular flexibility index (Phi) is 4.56. The van der Waals surface area contributed by atoms with Gasteiger partial charge in [-0.25, -0.2) is 4.79 Å². The van der Waals surface area contributed by atoms with E-state index in [0.29, 0.717) is 11.8 Å². The Bertz CT molecular complexity index is 463. The highest BCUT2D eigenvalue weighted by molar-refractivity contribution is 5.80. The molecule has 3 fully saturated rings. The largest absolute Gasteiger partial charge is 0.444 e. The van der Waals surface area contributed by atoms with Gasteiger partial charge in [-0.2, -0.15) is 0 Å². The number of carbonyl (C=O) groups is 2. The summed E-state index contributed by atoms with van der Waals surface area (Å²) < 4.78 is 5.30. The number of piperidine rings is 1. The van der Waals surface area contributed by atoms with Crippen LogP contribution in [0.1, 0.15) is 59.3 Å². The van der Waals surface area contributed by atoms with E-state index in [9.17, 15) is 9.59 Å². The maximum absolute atomic E-state index is 12.7. The van der Waals surface area contributed by atoms with Gasteiger partial charge in [0.25, 0.3) is 0 Å². The summed E-state index contributed by atoms with van der Waals surface area (Å²) in [7, 11) is 0. The first-order valence-corrected chi connectivity index (χ1v) is 9.10. The number of amides is 2. The van der Waals surface area contributed by atoms with Crippen LogP contribution in [0.4, 0.5) is 4.79 Å². The highest BCUT2D eigenvalue weighted by Gasteiger charge is 2.44. The number of rotatable bonds is 2. The molecule has 3 rings (SSSR count). The molecule has 3 atom stereocenters. The maximum atomic E-state index is 12.7. The summed E-state index contributed by atoms with van der Waals surface area (Å²) in [6.07, 6.45) is 6.26. The van der Waals surface area contributed by atoms with Crippen molar-refractivity contribution < 1.29 is 14.3 Å². The molecule has 2 saturated carbocycles. The standard InChI is InChI=1S/C18H30N2O3/c1-18(2,3)23-17(22)19-14-6-8-20(9-7-14)16(21)15-11-12-4-5-13(15)10-12/h12-15H,4-11H2,1-3H3,(H,19,22). The van der Waals surface area contributed by atoms with Gasteiger partial charge < -0.3 is 15.0 Å². The lowest BCUT2D eigenvalue weighted by molar-refractivity contribution is -0.138. The predicted octanol–water partition coefficient (Wildman–Crippen LogP) is 2.94. The molecule has 0 spiro atoms. The predicted molar refractivity (Wildman–Crippen MR) is 87.9 cm³/mol. The van der Waals surface area contributed by atoms with Gasteiger partial charge in [0, 0.05) is 25.0 Å². The Morgan fingerprint density at radius 1 is 1.04 bits per heavy atom. The average molecular weight is 322 g/mol. The van der Waals surface area contributed by atoms with E-state index in [1.54, 1.807) is 0 Å². The minimum Gasteiger partial charge on any atom is -0.444 e. The van der Waals surface area contributed by atoms with Gasteiger partial charge in [-0.3, -0.25) is 4.79 Å². The van der Waals surface area contributed by atoms with Gasteiger partial charge in [0.1, 0.15) is 5.60 Å². The Hall–Kier alpha value is -1.26. The molecule has 1 heterocycles. The van der Waals surface area contributed by atoms with Gasteiger partial charge in [-0.05, 0) is 64.7 Å². The molecule has 2 aliphatic carbocycles. The molecule has 23 heavy (non-hydrogen) atoms. The topological polar surface area (TPSA) is 58.6 Å². The molecule has 0 aromatic rings. The minimum absolute atomic E-state index is 0.119. The van der Waals surface area contributed by atoms with Crippen molar-refractivity contribution in [2.24, 2.45) is 17.8 Å². The third kappa shape index (κ3) is 3.99. The first-order valence-electron chi connectivity index (χ1n) is 9.10. The summed E-state index contributed by atoms with van der Waals surface area (Å²) in [5, 5.41) is 2.93. The van der Waals surface area contributed by atoms with E-state index in [1.165, 1.54) is 19.3 Å². The van der Waals surface area contributed by atoms with Crippen LogP contribution in [0.15, 0.2) is 0 Å². The summed E-state index contributed by atoms with van der Waals surface area (Å²) in [5.41, 5.74) is -0.470. The molecule has 0 radical (unpaired) electrons. The van der Waals surface area contributed by atoms with Crippen molar-refractivity contribution in [1.29, 1.82) is 0 Å². The lowest BCUT2D eigenvalue weighted by atomic mass is 9.87. The molecule has 3 aliphatic rings. The lowest BCUT2D eigenvalue weighted by Gasteiger charge is -2.35. The molecule has 1 N–H and O–H groups in total. The molecule has 2 bridgehead atoms. The van der Waals surface area contributed by atoms with Gasteiger partial charge in [0.15, 0.2) is 0 Å². The van der Waals surface area contributed by atoms with Crippen molar-refractivity contribution >= 4 is 12.0 Å². The van der Waals surface area contributed by atoms with Crippen LogP contribution in [0.5, 0.6) is 0 Å². The number of hydrogen-bond donors (Lipinski definition) is 1. The van der Waals surface area contributed by atoms with Crippen molar-refractivity contribution in [2.75, 3.05) is 13.1 Å². The zero-order valence-electron chi connectivity index (χ0n) is 14.6. The van der Waals surface area contributed by atoms with Crippen LogP contribution in [-0.2, 0) is 9.53 Å². The first kappa shape index (κ1) is 16.6. The number of hydrogen-bond acceptors (Lipinski definition) is 3. The molecule has 2 amide bonds. The minimum atomic E-state index is -0.470. The summed E-state index contributed by atoms with van der Waals surface area (Å²) in [4.78, 5) is 26.6. The molecule has 1 saturated heterocycles. The zero-order valence-corrected chi connectivity index (χ0v) is 14.6. The SMILES string of the molecule is CC(C)(C)OC(=O)NC1CCN(C(=O)C2CC3CCC2C3)CC1. The molecule has 3 unspecified atom stereocenters. The van der Waals surface area contributed by atoms with Gasteiger partial charge in [0.2, 0.25) is 5.91 Å². The summed E-state index contributed by atoms with van der Waals surface area (Å²) in [6.45, 7) is 7.11. The lowest BCUT2D eigenvalue weighted by Crippen LogP contribution is -2.49. The van der Waals surface area contributed by atoms with Crippen molar-refractivity contribution in [3.05, 3.63) is 0 Å². The first-order chi connectivity index (χ1) is 10.8. The third-order valence-electron chi connectivity index (χ3n) is 5.58. The quantitative estimate of drug-likeness (QED) is 0.850. The van der Waals surface area contributed by atoms with Crippen molar-refractivity contribution in [1.82, 2.24) is 10.2 Å². The number of nitrogens with one attached hydrogen (secondary N) is 1. The number of alkyl carbamates (subject to hydrolysis) is 1. The van der Waals surface area contributed by atoms with Crippen LogP contribution in [-0.4, -0.2) is 41.6 Å². The highest BCUT2D eigenvalue weighted by Crippen LogP contribution is 2.49. The summed E-state index contributed by atoms with van der Waals surface area (Å²) in [5.74, 6) is 2.10. The monoisotopic (exact) mass is 322 g/mol. The van der Waals surface area contributed by atoms with Gasteiger partial charge >= 0.3 is 6.09 Å². The number of carbonyl (C=O) groups excluding carboxylic acids is 2. The van der Waals surface area contributed by atoms with Crippen molar-refractivity contribution in [3.63, 3.8) is 0 Å². The van der Waals surface area contributed by atoms with Crippen LogP contribution >= 0.6 is 0 Å². The summed E-state index contributed by atoms with van der Waals surface area (Å²) >= 11 is 0. The van der Waals surface area contributed by atoms with Crippen LogP contribution in [0.2, 0.25) is 0 Å². The molecule has 5 heteroatoms. The van der Waals surface area contributed by atoms with Gasteiger partial charge in [-0.1, -0.05) is 6.42 Å². The van der Waals surface area contributed by atoms with E-state index >= 15 is 0 Å². The van der Waals surface area contributed by atoms with E-state index in [2.05, 4.69) is 5.32 Å². The molecule has 1 aliphatic heterocycles. The molecule has 5 nitrogen and oxygen atoms in total. The highest BCUT2D eigenvalue weighted by atomic mass is 16.6. The second-order valence-corrected chi connectivity index (χ2v) is 8.53. The van der Waals surface area contributed by atoms with Gasteiger partial charge in [0.05, 0.1) is 0 Å². The number of ether oxygens (including phenoxy) is 1. The van der Waals surface area contributed by atoms with E-state index < -0.39 is 5.60 Å². The Balaban J connectivity index is 1.43. The maximum Gasteiger partial charge on any atom is 0.407 e. The molecule has 0 aromatic carbocycles. The molecule has 130 valence electrons. The van der Waals surface area contributed by atoms with Crippen LogP contribution in [0.25, 0.3) is 0 Å². The smallest absolute Gasteiger partial charge is 0.407 e. The number of nitrogens with zero attached hydrogens (tertiary/aromatic N) is 1. The Morgan fingerprint density at radius 3 is 2.26 bits per heavy atom. The second kappa shape index (κ2) is 6.33. The third-order valence-corrected chi connectivity index (χ3v) is 5.58. The van der Waals surface area contributed by atoms with Crippen LogP contribution < -0.4 is 5.32 Å². The summed E-state index contributed by atoms with van der Waals surface area (Å²) in [6, 6.07) is 0.119.